The molecule has 1 aromatic heterocycles. The molecule has 11 heteroatoms. The molecule has 148 valence electrons. The van der Waals surface area contributed by atoms with E-state index >= 15 is 0 Å². The summed E-state index contributed by atoms with van der Waals surface area (Å²) in [4.78, 5) is 26.7. The predicted molar refractivity (Wildman–Crippen MR) is 103 cm³/mol. The second kappa shape index (κ2) is 9.83. The normalized spacial score (nSPS) is 11.7. The predicted octanol–water partition coefficient (Wildman–Crippen LogP) is 2.06. The quantitative estimate of drug-likeness (QED) is 0.416. The number of carbonyl (C=O) groups is 2. The van der Waals surface area contributed by atoms with Gasteiger partial charge in [0.1, 0.15) is 17.2 Å². The lowest BCUT2D eigenvalue weighted by Gasteiger charge is -2.09. The number of azo groups is 1. The smallest absolute Gasteiger partial charge is 0.409 e. The Morgan fingerprint density at radius 3 is 2.57 bits per heavy atom. The molecule has 1 heterocycles. The van der Waals surface area contributed by atoms with Crippen molar-refractivity contribution >= 4 is 35.0 Å². The summed E-state index contributed by atoms with van der Waals surface area (Å²) in [6, 6.07) is 9.21. The molecule has 0 saturated carbocycles. The van der Waals surface area contributed by atoms with E-state index in [0.29, 0.717) is 17.1 Å². The maximum Gasteiger partial charge on any atom is 0.409 e. The monoisotopic (exact) mass is 387 g/mol. The number of nitrogen functional groups attached to an aromatic ring is 1. The highest BCUT2D eigenvalue weighted by molar-refractivity contribution is 5.93. The van der Waals surface area contributed by atoms with Crippen LogP contribution in [0.25, 0.3) is 0 Å². The van der Waals surface area contributed by atoms with Gasteiger partial charge in [-0.15, -0.1) is 10.2 Å². The SMILES string of the molecule is CNC(=O)OCOc1ccccc1N=Nc1ccc(NC(=O)[C@H](C)N)nc1N. The van der Waals surface area contributed by atoms with Crippen LogP contribution >= 0.6 is 0 Å². The Hall–Kier alpha value is -3.73. The number of pyridine rings is 1. The van der Waals surface area contributed by atoms with E-state index in [9.17, 15) is 9.59 Å². The van der Waals surface area contributed by atoms with E-state index in [1.54, 1.807) is 37.3 Å². The molecule has 1 aromatic carbocycles. The number of hydrogen-bond acceptors (Lipinski definition) is 9. The standard InChI is InChI=1S/C17H21N7O4/c1-10(18)16(25)22-14-8-7-12(15(19)21-14)24-23-11-5-3-4-6-13(11)27-9-28-17(26)20-2/h3-8,10H,9,18H2,1-2H3,(H,20,26)(H3,19,21,22,25)/t10-/m0/s1. The summed E-state index contributed by atoms with van der Waals surface area (Å²) in [6.45, 7) is 1.27. The number of anilines is 2. The van der Waals surface area contributed by atoms with Crippen LogP contribution in [0, 0.1) is 0 Å². The van der Waals surface area contributed by atoms with E-state index in [0.717, 1.165) is 0 Å². The minimum absolute atomic E-state index is 0.0765. The molecule has 0 aliphatic rings. The first-order chi connectivity index (χ1) is 13.4. The largest absolute Gasteiger partial charge is 0.455 e. The van der Waals surface area contributed by atoms with Crippen molar-refractivity contribution in [1.29, 1.82) is 0 Å². The van der Waals surface area contributed by atoms with Crippen LogP contribution in [0.1, 0.15) is 6.92 Å². The minimum atomic E-state index is -0.675. The zero-order chi connectivity index (χ0) is 20.5. The van der Waals surface area contributed by atoms with Gasteiger partial charge in [-0.25, -0.2) is 9.78 Å². The van der Waals surface area contributed by atoms with Crippen LogP contribution in [0.15, 0.2) is 46.6 Å². The molecule has 0 aliphatic heterocycles. The van der Waals surface area contributed by atoms with Crippen LogP contribution in [0.2, 0.25) is 0 Å². The van der Waals surface area contributed by atoms with Gasteiger partial charge in [-0.2, -0.15) is 0 Å². The van der Waals surface area contributed by atoms with Crippen LogP contribution in [-0.4, -0.2) is 36.9 Å². The van der Waals surface area contributed by atoms with Crippen LogP contribution < -0.4 is 26.8 Å². The molecule has 0 unspecified atom stereocenters. The van der Waals surface area contributed by atoms with Crippen molar-refractivity contribution in [2.24, 2.45) is 16.0 Å². The number of alkyl carbamates (subject to hydrolysis) is 1. The zero-order valence-corrected chi connectivity index (χ0v) is 15.4. The van der Waals surface area contributed by atoms with E-state index in [4.69, 9.17) is 20.9 Å². The van der Waals surface area contributed by atoms with E-state index in [1.165, 1.54) is 13.1 Å². The number of para-hydroxylation sites is 1. The van der Waals surface area contributed by atoms with Crippen molar-refractivity contribution in [2.75, 3.05) is 24.9 Å². The van der Waals surface area contributed by atoms with Crippen molar-refractivity contribution in [1.82, 2.24) is 10.3 Å². The Labute approximate surface area is 161 Å². The third-order valence-electron chi connectivity index (χ3n) is 3.31. The molecule has 0 saturated heterocycles. The third kappa shape index (κ3) is 5.92. The summed E-state index contributed by atoms with van der Waals surface area (Å²) in [6.07, 6.45) is -0.617. The fraction of sp³-hybridized carbons (Fsp3) is 0.235. The Morgan fingerprint density at radius 1 is 1.18 bits per heavy atom. The maximum absolute atomic E-state index is 11.6. The van der Waals surface area contributed by atoms with E-state index in [2.05, 4.69) is 25.8 Å². The fourth-order valence-corrected chi connectivity index (χ4v) is 1.85. The van der Waals surface area contributed by atoms with Gasteiger partial charge in [0.05, 0.1) is 6.04 Å². The molecular formula is C17H21N7O4. The molecule has 0 fully saturated rings. The highest BCUT2D eigenvalue weighted by atomic mass is 16.7. The fourth-order valence-electron chi connectivity index (χ4n) is 1.85. The number of rotatable bonds is 7. The number of hydrogen-bond donors (Lipinski definition) is 4. The molecule has 0 radical (unpaired) electrons. The number of ether oxygens (including phenoxy) is 2. The molecular weight excluding hydrogens is 366 g/mol. The van der Waals surface area contributed by atoms with E-state index in [1.807, 2.05) is 0 Å². The zero-order valence-electron chi connectivity index (χ0n) is 15.4. The summed E-state index contributed by atoms with van der Waals surface area (Å²) < 4.78 is 10.1. The van der Waals surface area contributed by atoms with Crippen LogP contribution in [-0.2, 0) is 9.53 Å². The maximum atomic E-state index is 11.6. The molecule has 1 atom stereocenters. The van der Waals surface area contributed by atoms with Crippen molar-refractivity contribution < 1.29 is 19.1 Å². The van der Waals surface area contributed by atoms with Gasteiger partial charge in [-0.05, 0) is 31.2 Å². The van der Waals surface area contributed by atoms with Gasteiger partial charge >= 0.3 is 6.09 Å². The lowest BCUT2D eigenvalue weighted by molar-refractivity contribution is -0.117. The van der Waals surface area contributed by atoms with Crippen LogP contribution in [0.5, 0.6) is 5.75 Å². The molecule has 0 spiro atoms. The summed E-state index contributed by atoms with van der Waals surface area (Å²) in [5, 5.41) is 13.0. The highest BCUT2D eigenvalue weighted by Crippen LogP contribution is 2.30. The first-order valence-corrected chi connectivity index (χ1v) is 8.21. The summed E-state index contributed by atoms with van der Waals surface area (Å²) >= 11 is 0. The Bertz CT molecular complexity index is 870. The topological polar surface area (TPSA) is 166 Å². The average molecular weight is 387 g/mol. The van der Waals surface area contributed by atoms with Gasteiger partial charge in [0, 0.05) is 7.05 Å². The van der Waals surface area contributed by atoms with Crippen LogP contribution in [0.3, 0.4) is 0 Å². The molecule has 2 rings (SSSR count). The first-order valence-electron chi connectivity index (χ1n) is 8.21. The lowest BCUT2D eigenvalue weighted by Crippen LogP contribution is -2.32. The molecule has 0 bridgehead atoms. The Balaban J connectivity index is 2.09. The van der Waals surface area contributed by atoms with E-state index in [-0.39, 0.29) is 24.3 Å². The van der Waals surface area contributed by atoms with Gasteiger partial charge < -0.3 is 31.6 Å². The molecule has 2 aromatic rings. The summed E-state index contributed by atoms with van der Waals surface area (Å²) in [7, 11) is 1.44. The molecule has 28 heavy (non-hydrogen) atoms. The number of aromatic nitrogens is 1. The van der Waals surface area contributed by atoms with Gasteiger partial charge in [0.25, 0.3) is 0 Å². The number of nitrogens with two attached hydrogens (primary N) is 2. The number of nitrogens with one attached hydrogen (secondary N) is 2. The number of amides is 2. The van der Waals surface area contributed by atoms with Gasteiger partial charge in [-0.1, -0.05) is 12.1 Å². The van der Waals surface area contributed by atoms with Crippen molar-refractivity contribution in [2.45, 2.75) is 13.0 Å². The van der Waals surface area contributed by atoms with Gasteiger partial charge in [0.15, 0.2) is 11.6 Å². The molecule has 2 amide bonds. The summed E-state index contributed by atoms with van der Waals surface area (Å²) in [5.41, 5.74) is 12.1. The Morgan fingerprint density at radius 2 is 1.89 bits per heavy atom. The van der Waals surface area contributed by atoms with Crippen molar-refractivity contribution in [3.63, 3.8) is 0 Å². The average Bonchev–Trinajstić information content (AvgIpc) is 2.68. The van der Waals surface area contributed by atoms with Crippen molar-refractivity contribution in [3.05, 3.63) is 36.4 Å². The third-order valence-corrected chi connectivity index (χ3v) is 3.31. The molecule has 6 N–H and O–H groups in total. The van der Waals surface area contributed by atoms with Gasteiger partial charge in [-0.3, -0.25) is 4.79 Å². The number of carbonyl (C=O) groups excluding carboxylic acids is 2. The first kappa shape index (κ1) is 20.6. The second-order valence-electron chi connectivity index (χ2n) is 5.49. The number of nitrogens with zero attached hydrogens (tertiary/aromatic N) is 3. The van der Waals surface area contributed by atoms with E-state index < -0.39 is 12.1 Å². The van der Waals surface area contributed by atoms with Crippen LogP contribution in [0.4, 0.5) is 27.8 Å². The molecule has 11 nitrogen and oxygen atoms in total. The lowest BCUT2D eigenvalue weighted by atomic mass is 10.3. The second-order valence-corrected chi connectivity index (χ2v) is 5.49. The highest BCUT2D eigenvalue weighted by Gasteiger charge is 2.10. The summed E-state index contributed by atoms with van der Waals surface area (Å²) in [5.74, 6) is 0.315. The molecule has 0 aliphatic carbocycles. The Kier molecular flexibility index (Phi) is 7.22. The van der Waals surface area contributed by atoms with Crippen molar-refractivity contribution in [3.8, 4) is 5.75 Å². The minimum Gasteiger partial charge on any atom is -0.455 e. The van der Waals surface area contributed by atoms with Gasteiger partial charge in [0.2, 0.25) is 12.7 Å². The number of benzene rings is 1.